The van der Waals surface area contributed by atoms with Gasteiger partial charge in [0.05, 0.1) is 18.6 Å². The molecule has 0 saturated carbocycles. The van der Waals surface area contributed by atoms with Crippen molar-refractivity contribution in [1.82, 2.24) is 0 Å². The van der Waals surface area contributed by atoms with Crippen molar-refractivity contribution < 1.29 is 13.9 Å². The summed E-state index contributed by atoms with van der Waals surface area (Å²) < 4.78 is 10.7. The molecule has 0 amide bonds. The molecule has 0 fully saturated rings. The van der Waals surface area contributed by atoms with E-state index in [9.17, 15) is 4.79 Å². The number of hydrogen-bond donors (Lipinski definition) is 1. The highest BCUT2D eigenvalue weighted by atomic mass is 79.9. The second-order valence-electron chi connectivity index (χ2n) is 3.22. The Hall–Kier alpha value is -1.27. The van der Waals surface area contributed by atoms with Gasteiger partial charge in [-0.1, -0.05) is 0 Å². The quantitative estimate of drug-likeness (QED) is 0.880. The van der Waals surface area contributed by atoms with Gasteiger partial charge in [-0.2, -0.15) is 0 Å². The summed E-state index contributed by atoms with van der Waals surface area (Å²) in [6.45, 7) is 2.09. The van der Waals surface area contributed by atoms with Crippen molar-refractivity contribution >= 4 is 38.9 Å². The molecular formula is C11H10BrNO3S. The molecule has 0 unspecified atom stereocenters. The number of nitrogens with two attached hydrogens (primary N) is 1. The van der Waals surface area contributed by atoms with Gasteiger partial charge in [0.1, 0.15) is 4.88 Å². The first-order valence-electron chi connectivity index (χ1n) is 4.93. The number of halogens is 1. The lowest BCUT2D eigenvalue weighted by Gasteiger charge is -1.98. The first-order chi connectivity index (χ1) is 8.13. The van der Waals surface area contributed by atoms with Crippen LogP contribution >= 0.6 is 27.3 Å². The highest BCUT2D eigenvalue weighted by molar-refractivity contribution is 9.10. The summed E-state index contributed by atoms with van der Waals surface area (Å²) in [6.07, 6.45) is 1.57. The number of thiophene rings is 1. The second kappa shape index (κ2) is 4.93. The van der Waals surface area contributed by atoms with Gasteiger partial charge in [-0.05, 0) is 35.0 Å². The van der Waals surface area contributed by atoms with Gasteiger partial charge in [-0.15, -0.1) is 11.3 Å². The summed E-state index contributed by atoms with van der Waals surface area (Å²) in [7, 11) is 0. The number of hydrogen-bond acceptors (Lipinski definition) is 5. The Balaban J connectivity index is 2.37. The minimum atomic E-state index is -0.388. The molecule has 2 rings (SSSR count). The molecule has 2 aromatic rings. The van der Waals surface area contributed by atoms with Gasteiger partial charge in [0.25, 0.3) is 0 Å². The average Bonchev–Trinajstić information content (AvgIpc) is 2.84. The number of rotatable bonds is 3. The van der Waals surface area contributed by atoms with Gasteiger partial charge in [0.2, 0.25) is 0 Å². The number of esters is 1. The summed E-state index contributed by atoms with van der Waals surface area (Å²) in [5.41, 5.74) is 7.09. The van der Waals surface area contributed by atoms with Crippen molar-refractivity contribution in [1.29, 1.82) is 0 Å². The van der Waals surface area contributed by atoms with Crippen LogP contribution in [0, 0.1) is 0 Å². The number of furan rings is 1. The Bertz CT molecular complexity index is 547. The zero-order valence-electron chi connectivity index (χ0n) is 9.03. The van der Waals surface area contributed by atoms with Gasteiger partial charge in [-0.25, -0.2) is 4.79 Å². The summed E-state index contributed by atoms with van der Waals surface area (Å²) in [5.74, 6) is -0.388. The smallest absolute Gasteiger partial charge is 0.350 e. The van der Waals surface area contributed by atoms with Crippen LogP contribution in [-0.2, 0) is 4.74 Å². The van der Waals surface area contributed by atoms with E-state index in [1.165, 1.54) is 11.3 Å². The lowest BCUT2D eigenvalue weighted by Crippen LogP contribution is -2.04. The first-order valence-corrected chi connectivity index (χ1v) is 6.54. The number of carbonyl (C=O) groups excluding carboxylic acids is 1. The number of ether oxygens (including phenoxy) is 1. The molecule has 0 aliphatic heterocycles. The summed E-state index contributed by atoms with van der Waals surface area (Å²) in [5, 5.41) is 0. The maximum Gasteiger partial charge on any atom is 0.350 e. The predicted octanol–water partition coefficient (Wildman–Crippen LogP) is 3.53. The summed E-state index contributed by atoms with van der Waals surface area (Å²) in [6, 6.07) is 3.55. The molecule has 6 heteroatoms. The van der Waals surface area contributed by atoms with Crippen LogP contribution in [0.25, 0.3) is 10.4 Å². The molecule has 0 saturated heterocycles. The van der Waals surface area contributed by atoms with Crippen LogP contribution in [0.4, 0.5) is 5.69 Å². The fraction of sp³-hybridized carbons (Fsp3) is 0.182. The molecule has 0 aromatic carbocycles. The van der Waals surface area contributed by atoms with E-state index in [0.717, 1.165) is 10.4 Å². The van der Waals surface area contributed by atoms with Crippen molar-refractivity contribution in [3.05, 3.63) is 27.9 Å². The van der Waals surface area contributed by atoms with E-state index in [4.69, 9.17) is 14.9 Å². The molecule has 0 radical (unpaired) electrons. The SMILES string of the molecule is CCOC(=O)c1sc(-c2ccoc2Br)cc1N. The molecule has 2 aromatic heterocycles. The van der Waals surface area contributed by atoms with E-state index in [1.54, 1.807) is 19.3 Å². The van der Waals surface area contributed by atoms with Crippen molar-refractivity contribution in [3.8, 4) is 10.4 Å². The second-order valence-corrected chi connectivity index (χ2v) is 5.00. The molecule has 0 bridgehead atoms. The van der Waals surface area contributed by atoms with Crippen molar-refractivity contribution in [3.63, 3.8) is 0 Å². The van der Waals surface area contributed by atoms with Crippen LogP contribution in [0.3, 0.4) is 0 Å². The van der Waals surface area contributed by atoms with Crippen LogP contribution in [0.15, 0.2) is 27.5 Å². The zero-order chi connectivity index (χ0) is 12.4. The van der Waals surface area contributed by atoms with E-state index < -0.39 is 0 Å². The number of anilines is 1. The summed E-state index contributed by atoms with van der Waals surface area (Å²) >= 11 is 4.58. The Morgan fingerprint density at radius 2 is 2.41 bits per heavy atom. The fourth-order valence-corrected chi connectivity index (χ4v) is 2.94. The average molecular weight is 316 g/mol. The van der Waals surface area contributed by atoms with Crippen LogP contribution < -0.4 is 5.73 Å². The van der Waals surface area contributed by atoms with E-state index in [0.29, 0.717) is 21.8 Å². The highest BCUT2D eigenvalue weighted by Crippen LogP contribution is 2.37. The molecule has 0 aliphatic rings. The monoisotopic (exact) mass is 315 g/mol. The predicted molar refractivity (Wildman–Crippen MR) is 70.1 cm³/mol. The Labute approximate surface area is 111 Å². The largest absolute Gasteiger partial charge is 0.462 e. The molecule has 2 N–H and O–H groups in total. The van der Waals surface area contributed by atoms with Gasteiger partial charge in [0, 0.05) is 10.4 Å². The molecule has 0 spiro atoms. The fourth-order valence-electron chi connectivity index (χ4n) is 1.36. The van der Waals surface area contributed by atoms with Crippen LogP contribution in [0.2, 0.25) is 0 Å². The highest BCUT2D eigenvalue weighted by Gasteiger charge is 2.18. The van der Waals surface area contributed by atoms with Gasteiger partial charge >= 0.3 is 5.97 Å². The van der Waals surface area contributed by atoms with Crippen molar-refractivity contribution in [2.24, 2.45) is 0 Å². The van der Waals surface area contributed by atoms with E-state index in [1.807, 2.05) is 6.07 Å². The minimum Gasteiger partial charge on any atom is -0.462 e. The maximum absolute atomic E-state index is 11.6. The van der Waals surface area contributed by atoms with Crippen LogP contribution in [0.5, 0.6) is 0 Å². The van der Waals surface area contributed by atoms with Crippen LogP contribution in [0.1, 0.15) is 16.6 Å². The lowest BCUT2D eigenvalue weighted by molar-refractivity contribution is 0.0533. The first kappa shape index (κ1) is 12.2. The molecular weight excluding hydrogens is 306 g/mol. The topological polar surface area (TPSA) is 65.5 Å². The Morgan fingerprint density at radius 3 is 3.00 bits per heavy atom. The molecule has 90 valence electrons. The molecule has 2 heterocycles. The summed E-state index contributed by atoms with van der Waals surface area (Å²) in [4.78, 5) is 12.9. The third-order valence-electron chi connectivity index (χ3n) is 2.11. The normalized spacial score (nSPS) is 10.5. The number of carbonyl (C=O) groups is 1. The zero-order valence-corrected chi connectivity index (χ0v) is 11.4. The van der Waals surface area contributed by atoms with E-state index in [-0.39, 0.29) is 5.97 Å². The maximum atomic E-state index is 11.6. The van der Waals surface area contributed by atoms with Gasteiger partial charge in [-0.3, -0.25) is 0 Å². The molecule has 4 nitrogen and oxygen atoms in total. The van der Waals surface area contributed by atoms with E-state index in [2.05, 4.69) is 15.9 Å². The van der Waals surface area contributed by atoms with Crippen molar-refractivity contribution in [2.75, 3.05) is 12.3 Å². The Morgan fingerprint density at radius 1 is 1.65 bits per heavy atom. The Kier molecular flexibility index (Phi) is 3.54. The third kappa shape index (κ3) is 2.37. The molecule has 17 heavy (non-hydrogen) atoms. The van der Waals surface area contributed by atoms with Gasteiger partial charge in [0.15, 0.2) is 4.67 Å². The molecule has 0 atom stereocenters. The third-order valence-corrected chi connectivity index (χ3v) is 3.88. The number of nitrogen functional groups attached to an aromatic ring is 1. The lowest BCUT2D eigenvalue weighted by atomic mass is 10.2. The minimum absolute atomic E-state index is 0.334. The molecule has 0 aliphatic carbocycles. The van der Waals surface area contributed by atoms with Crippen LogP contribution in [-0.4, -0.2) is 12.6 Å². The van der Waals surface area contributed by atoms with E-state index >= 15 is 0 Å². The van der Waals surface area contributed by atoms with Crippen molar-refractivity contribution in [2.45, 2.75) is 6.92 Å². The standard InChI is InChI=1S/C11H10BrNO3S/c1-2-15-11(14)9-7(13)5-8(17-9)6-3-4-16-10(6)12/h3-5H,2,13H2,1H3. The van der Waals surface area contributed by atoms with Gasteiger partial charge < -0.3 is 14.9 Å².